The lowest BCUT2D eigenvalue weighted by Crippen LogP contribution is -2.10. The van der Waals surface area contributed by atoms with Gasteiger partial charge in [-0.05, 0) is 41.8 Å². The molecule has 4 heteroatoms. The molecule has 0 unspecified atom stereocenters. The smallest absolute Gasteiger partial charge is 0.142 e. The summed E-state index contributed by atoms with van der Waals surface area (Å²) in [7, 11) is 0. The largest absolute Gasteiger partial charge is 0.490 e. The molecule has 0 heterocycles. The highest BCUT2D eigenvalue weighted by molar-refractivity contribution is 6.30. The minimum Gasteiger partial charge on any atom is -0.490 e. The van der Waals surface area contributed by atoms with Gasteiger partial charge >= 0.3 is 0 Å². The van der Waals surface area contributed by atoms with E-state index >= 15 is 0 Å². The number of ether oxygens (including phenoxy) is 2. The van der Waals surface area contributed by atoms with Crippen molar-refractivity contribution >= 4 is 17.3 Å². The standard InChI is InChI=1S/C17H20ClNO2/c1-12(2)13-3-6-15(7-4-13)20-9-10-21-17-8-5-14(18)11-16(17)19/h3-8,11-12H,9-10,19H2,1-2H3. The Morgan fingerprint density at radius 1 is 1.00 bits per heavy atom. The molecular formula is C17H20ClNO2. The molecule has 0 spiro atoms. The highest BCUT2D eigenvalue weighted by atomic mass is 35.5. The summed E-state index contributed by atoms with van der Waals surface area (Å²) in [6.45, 7) is 5.22. The van der Waals surface area contributed by atoms with E-state index in [0.29, 0.717) is 35.6 Å². The van der Waals surface area contributed by atoms with Gasteiger partial charge in [-0.3, -0.25) is 0 Å². The van der Waals surface area contributed by atoms with Crippen LogP contribution in [-0.2, 0) is 0 Å². The van der Waals surface area contributed by atoms with E-state index < -0.39 is 0 Å². The molecule has 0 aliphatic rings. The lowest BCUT2D eigenvalue weighted by atomic mass is 10.0. The summed E-state index contributed by atoms with van der Waals surface area (Å²) < 4.78 is 11.2. The van der Waals surface area contributed by atoms with Crippen LogP contribution in [0.3, 0.4) is 0 Å². The summed E-state index contributed by atoms with van der Waals surface area (Å²) in [6.07, 6.45) is 0. The van der Waals surface area contributed by atoms with Gasteiger partial charge in [0.2, 0.25) is 0 Å². The molecule has 0 fully saturated rings. The summed E-state index contributed by atoms with van der Waals surface area (Å²) in [5.74, 6) is 1.99. The Bertz CT molecular complexity index is 582. The second-order valence-electron chi connectivity index (χ2n) is 5.10. The average Bonchev–Trinajstić information content (AvgIpc) is 2.46. The predicted molar refractivity (Wildman–Crippen MR) is 87.4 cm³/mol. The van der Waals surface area contributed by atoms with Gasteiger partial charge in [0.15, 0.2) is 0 Å². The number of nitrogens with two attached hydrogens (primary N) is 1. The van der Waals surface area contributed by atoms with Gasteiger partial charge in [-0.25, -0.2) is 0 Å². The molecule has 3 nitrogen and oxygen atoms in total. The summed E-state index contributed by atoms with van der Waals surface area (Å²) in [5.41, 5.74) is 7.64. The fourth-order valence-electron chi connectivity index (χ4n) is 1.91. The molecule has 0 radical (unpaired) electrons. The van der Waals surface area contributed by atoms with E-state index in [-0.39, 0.29) is 0 Å². The van der Waals surface area contributed by atoms with Crippen molar-refractivity contribution in [3.63, 3.8) is 0 Å². The third-order valence-electron chi connectivity index (χ3n) is 3.13. The quantitative estimate of drug-likeness (QED) is 0.631. The third-order valence-corrected chi connectivity index (χ3v) is 3.36. The van der Waals surface area contributed by atoms with Gasteiger partial charge < -0.3 is 15.2 Å². The molecule has 0 atom stereocenters. The van der Waals surface area contributed by atoms with Crippen molar-refractivity contribution in [2.24, 2.45) is 0 Å². The Morgan fingerprint density at radius 3 is 2.29 bits per heavy atom. The zero-order chi connectivity index (χ0) is 15.2. The molecule has 2 aromatic rings. The first-order valence-electron chi connectivity index (χ1n) is 6.97. The van der Waals surface area contributed by atoms with Crippen molar-refractivity contribution in [1.29, 1.82) is 0 Å². The number of halogens is 1. The highest BCUT2D eigenvalue weighted by Gasteiger charge is 2.02. The average molecular weight is 306 g/mol. The van der Waals surface area contributed by atoms with Gasteiger partial charge in [0.25, 0.3) is 0 Å². The van der Waals surface area contributed by atoms with Gasteiger partial charge in [0.05, 0.1) is 5.69 Å². The first kappa shape index (κ1) is 15.5. The fourth-order valence-corrected chi connectivity index (χ4v) is 2.09. The van der Waals surface area contributed by atoms with Crippen LogP contribution in [0.5, 0.6) is 11.5 Å². The van der Waals surface area contributed by atoms with Crippen molar-refractivity contribution in [2.45, 2.75) is 19.8 Å². The van der Waals surface area contributed by atoms with Crippen molar-refractivity contribution in [1.82, 2.24) is 0 Å². The number of rotatable bonds is 6. The molecular weight excluding hydrogens is 286 g/mol. The molecule has 0 bridgehead atoms. The maximum Gasteiger partial charge on any atom is 0.142 e. The third kappa shape index (κ3) is 4.57. The molecule has 0 aliphatic heterocycles. The Balaban J connectivity index is 1.79. The molecule has 2 N–H and O–H groups in total. The molecule has 2 aromatic carbocycles. The number of benzene rings is 2. The van der Waals surface area contributed by atoms with E-state index in [4.69, 9.17) is 26.8 Å². The zero-order valence-corrected chi connectivity index (χ0v) is 13.1. The highest BCUT2D eigenvalue weighted by Crippen LogP contribution is 2.25. The predicted octanol–water partition coefficient (Wildman–Crippen LogP) is 4.50. The summed E-state index contributed by atoms with van der Waals surface area (Å²) in [4.78, 5) is 0. The van der Waals surface area contributed by atoms with Crippen LogP contribution in [0, 0.1) is 0 Å². The Morgan fingerprint density at radius 2 is 1.67 bits per heavy atom. The van der Waals surface area contributed by atoms with E-state index in [0.717, 1.165) is 5.75 Å². The Labute approximate surface area is 130 Å². The van der Waals surface area contributed by atoms with Crippen LogP contribution in [0.15, 0.2) is 42.5 Å². The molecule has 0 saturated carbocycles. The van der Waals surface area contributed by atoms with Crippen LogP contribution in [0.1, 0.15) is 25.3 Å². The number of hydrogen-bond acceptors (Lipinski definition) is 3. The number of nitrogen functional groups attached to an aromatic ring is 1. The Hall–Kier alpha value is -1.87. The SMILES string of the molecule is CC(C)c1ccc(OCCOc2ccc(Cl)cc2N)cc1. The number of hydrogen-bond donors (Lipinski definition) is 1. The Kier molecular flexibility index (Phi) is 5.34. The fraction of sp³-hybridized carbons (Fsp3) is 0.294. The molecule has 2 rings (SSSR count). The van der Waals surface area contributed by atoms with Crippen LogP contribution in [-0.4, -0.2) is 13.2 Å². The van der Waals surface area contributed by atoms with E-state index in [2.05, 4.69) is 26.0 Å². The normalized spacial score (nSPS) is 10.7. The second kappa shape index (κ2) is 7.23. The maximum atomic E-state index is 5.83. The topological polar surface area (TPSA) is 44.5 Å². The monoisotopic (exact) mass is 305 g/mol. The second-order valence-corrected chi connectivity index (χ2v) is 5.54. The minimum absolute atomic E-state index is 0.428. The molecule has 0 aromatic heterocycles. The van der Waals surface area contributed by atoms with Crippen LogP contribution in [0.4, 0.5) is 5.69 Å². The van der Waals surface area contributed by atoms with Crippen molar-refractivity contribution in [3.8, 4) is 11.5 Å². The van der Waals surface area contributed by atoms with E-state index in [1.807, 2.05) is 12.1 Å². The zero-order valence-electron chi connectivity index (χ0n) is 12.3. The number of anilines is 1. The van der Waals surface area contributed by atoms with Gasteiger partial charge in [-0.2, -0.15) is 0 Å². The lowest BCUT2D eigenvalue weighted by Gasteiger charge is -2.11. The van der Waals surface area contributed by atoms with Gasteiger partial charge in [0.1, 0.15) is 24.7 Å². The van der Waals surface area contributed by atoms with Crippen LogP contribution >= 0.6 is 11.6 Å². The summed E-state index contributed by atoms with van der Waals surface area (Å²) in [6, 6.07) is 13.3. The summed E-state index contributed by atoms with van der Waals surface area (Å²) in [5, 5.41) is 0.598. The maximum absolute atomic E-state index is 5.83. The van der Waals surface area contributed by atoms with Crippen molar-refractivity contribution in [3.05, 3.63) is 53.1 Å². The molecule has 21 heavy (non-hydrogen) atoms. The van der Waals surface area contributed by atoms with Gasteiger partial charge in [-0.1, -0.05) is 37.6 Å². The minimum atomic E-state index is 0.428. The van der Waals surface area contributed by atoms with Crippen molar-refractivity contribution < 1.29 is 9.47 Å². The molecule has 112 valence electrons. The van der Waals surface area contributed by atoms with Crippen LogP contribution < -0.4 is 15.2 Å². The molecule has 0 saturated heterocycles. The lowest BCUT2D eigenvalue weighted by molar-refractivity contribution is 0.218. The van der Waals surface area contributed by atoms with E-state index in [1.54, 1.807) is 18.2 Å². The van der Waals surface area contributed by atoms with Crippen LogP contribution in [0.25, 0.3) is 0 Å². The van der Waals surface area contributed by atoms with Crippen molar-refractivity contribution in [2.75, 3.05) is 18.9 Å². The van der Waals surface area contributed by atoms with Crippen LogP contribution in [0.2, 0.25) is 5.02 Å². The van der Waals surface area contributed by atoms with Gasteiger partial charge in [-0.15, -0.1) is 0 Å². The first-order valence-corrected chi connectivity index (χ1v) is 7.34. The van der Waals surface area contributed by atoms with E-state index in [9.17, 15) is 0 Å². The van der Waals surface area contributed by atoms with Gasteiger partial charge in [0, 0.05) is 5.02 Å². The summed E-state index contributed by atoms with van der Waals surface area (Å²) >= 11 is 5.83. The molecule has 0 amide bonds. The molecule has 0 aliphatic carbocycles. The first-order chi connectivity index (χ1) is 10.1. The van der Waals surface area contributed by atoms with E-state index in [1.165, 1.54) is 5.56 Å².